The van der Waals surface area contributed by atoms with Crippen molar-refractivity contribution in [3.8, 4) is 5.75 Å². The number of ether oxygens (including phenoxy) is 1. The van der Waals surface area contributed by atoms with Gasteiger partial charge in [-0.2, -0.15) is 0 Å². The first-order valence-electron chi connectivity index (χ1n) is 9.62. The normalized spacial score (nSPS) is 12.6. The maximum absolute atomic E-state index is 12.8. The van der Waals surface area contributed by atoms with Crippen LogP contribution < -0.4 is 10.1 Å². The number of fused-ring (bicyclic) bond motifs is 1. The van der Waals surface area contributed by atoms with E-state index in [-0.39, 0.29) is 24.3 Å². The summed E-state index contributed by atoms with van der Waals surface area (Å²) in [6, 6.07) is 18.9. The van der Waals surface area contributed by atoms with Gasteiger partial charge < -0.3 is 10.1 Å². The van der Waals surface area contributed by atoms with Crippen molar-refractivity contribution in [2.45, 2.75) is 13.1 Å². The lowest BCUT2D eigenvalue weighted by Gasteiger charge is -2.16. The predicted molar refractivity (Wildman–Crippen MR) is 116 cm³/mol. The number of benzene rings is 3. The highest BCUT2D eigenvalue weighted by Gasteiger charge is 2.35. The highest BCUT2D eigenvalue weighted by atomic mass is 35.5. The van der Waals surface area contributed by atoms with Crippen LogP contribution in [0.2, 0.25) is 5.02 Å². The summed E-state index contributed by atoms with van der Waals surface area (Å²) >= 11 is 5.89. The molecule has 1 N–H and O–H groups in total. The summed E-state index contributed by atoms with van der Waals surface area (Å²) in [5, 5.41) is 3.48. The zero-order valence-corrected chi connectivity index (χ0v) is 17.5. The second kappa shape index (κ2) is 8.62. The third-order valence-electron chi connectivity index (χ3n) is 5.09. The number of rotatable bonds is 6. The molecule has 3 aromatic carbocycles. The number of hydrogen-bond acceptors (Lipinski definition) is 4. The van der Waals surface area contributed by atoms with Gasteiger partial charge >= 0.3 is 0 Å². The lowest BCUT2D eigenvalue weighted by molar-refractivity contribution is 0.0642. The molecule has 156 valence electrons. The maximum Gasteiger partial charge on any atom is 0.261 e. The minimum atomic E-state index is -0.342. The van der Waals surface area contributed by atoms with Crippen molar-refractivity contribution >= 4 is 29.3 Å². The average molecular weight is 435 g/mol. The quantitative estimate of drug-likeness (QED) is 0.593. The van der Waals surface area contributed by atoms with Crippen LogP contribution in [-0.4, -0.2) is 29.7 Å². The van der Waals surface area contributed by atoms with Gasteiger partial charge in [0.05, 0.1) is 30.3 Å². The molecule has 0 fully saturated rings. The number of carbonyl (C=O) groups is 3. The highest BCUT2D eigenvalue weighted by molar-refractivity contribution is 6.30. The Labute approximate surface area is 184 Å². The molecule has 0 aromatic heterocycles. The molecule has 3 aromatic rings. The number of nitrogens with zero attached hydrogens (tertiary/aromatic N) is 1. The maximum atomic E-state index is 12.8. The van der Waals surface area contributed by atoms with E-state index in [1.54, 1.807) is 54.6 Å². The fourth-order valence-electron chi connectivity index (χ4n) is 3.48. The summed E-state index contributed by atoms with van der Waals surface area (Å²) < 4.78 is 5.33. The van der Waals surface area contributed by atoms with E-state index in [1.165, 1.54) is 12.0 Å². The molecule has 0 aliphatic carbocycles. The van der Waals surface area contributed by atoms with Crippen molar-refractivity contribution in [2.24, 2.45) is 0 Å². The molecular formula is C24H19ClN2O4. The molecule has 0 saturated carbocycles. The minimum absolute atomic E-state index is 0.0633. The van der Waals surface area contributed by atoms with Crippen LogP contribution in [0.3, 0.4) is 0 Å². The second-order valence-corrected chi connectivity index (χ2v) is 7.52. The van der Waals surface area contributed by atoms with Gasteiger partial charge in [-0.3, -0.25) is 19.3 Å². The molecule has 0 atom stereocenters. The first-order valence-corrected chi connectivity index (χ1v) is 10.0. The van der Waals surface area contributed by atoms with Gasteiger partial charge in [0.2, 0.25) is 0 Å². The van der Waals surface area contributed by atoms with Crippen LogP contribution in [0.15, 0.2) is 66.7 Å². The fraction of sp³-hybridized carbons (Fsp3) is 0.125. The smallest absolute Gasteiger partial charge is 0.261 e. The second-order valence-electron chi connectivity index (χ2n) is 7.09. The molecule has 1 aliphatic rings. The van der Waals surface area contributed by atoms with Gasteiger partial charge in [-0.05, 0) is 47.5 Å². The topological polar surface area (TPSA) is 75.7 Å². The summed E-state index contributed by atoms with van der Waals surface area (Å²) in [5.74, 6) is -0.606. The van der Waals surface area contributed by atoms with Crippen molar-refractivity contribution in [1.29, 1.82) is 0 Å². The Morgan fingerprint density at radius 2 is 1.55 bits per heavy atom. The highest BCUT2D eigenvalue weighted by Crippen LogP contribution is 2.26. The van der Waals surface area contributed by atoms with Crippen molar-refractivity contribution in [3.63, 3.8) is 0 Å². The molecule has 0 unspecified atom stereocenters. The Morgan fingerprint density at radius 1 is 0.935 bits per heavy atom. The Balaban J connectivity index is 1.52. The molecule has 31 heavy (non-hydrogen) atoms. The molecule has 7 heteroatoms. The van der Waals surface area contributed by atoms with E-state index in [2.05, 4.69) is 5.32 Å². The standard InChI is InChI=1S/C24H19ClN2O4/c1-31-21-11-8-16(14-27-23(29)18-4-2-3-5-19(18)24(27)30)12-20(21)22(28)26-13-15-6-9-17(25)10-7-15/h2-12H,13-14H2,1H3,(H,26,28). The van der Waals surface area contributed by atoms with Crippen LogP contribution in [0.25, 0.3) is 0 Å². The van der Waals surface area contributed by atoms with Crippen molar-refractivity contribution < 1.29 is 19.1 Å². The Morgan fingerprint density at radius 3 is 2.16 bits per heavy atom. The van der Waals surface area contributed by atoms with Crippen LogP contribution in [0, 0.1) is 0 Å². The van der Waals surface area contributed by atoms with E-state index < -0.39 is 0 Å². The number of hydrogen-bond donors (Lipinski definition) is 1. The lowest BCUT2D eigenvalue weighted by Crippen LogP contribution is -2.29. The van der Waals surface area contributed by atoms with Gasteiger partial charge in [0.1, 0.15) is 5.75 Å². The van der Waals surface area contributed by atoms with E-state index in [0.717, 1.165) is 5.56 Å². The Hall–Kier alpha value is -3.64. The number of imide groups is 1. The predicted octanol–water partition coefficient (Wildman–Crippen LogP) is 4.07. The van der Waals surface area contributed by atoms with E-state index in [4.69, 9.17) is 16.3 Å². The fourth-order valence-corrected chi connectivity index (χ4v) is 3.60. The zero-order valence-electron chi connectivity index (χ0n) is 16.7. The molecule has 1 aliphatic heterocycles. The van der Waals surface area contributed by atoms with Gasteiger partial charge in [0.25, 0.3) is 17.7 Å². The van der Waals surface area contributed by atoms with Crippen LogP contribution in [-0.2, 0) is 13.1 Å². The van der Waals surface area contributed by atoms with E-state index in [1.807, 2.05) is 12.1 Å². The number of methoxy groups -OCH3 is 1. The summed E-state index contributed by atoms with van der Waals surface area (Å²) in [4.78, 5) is 39.2. The third kappa shape index (κ3) is 4.15. The van der Waals surface area contributed by atoms with Crippen LogP contribution in [0.4, 0.5) is 0 Å². The zero-order chi connectivity index (χ0) is 22.0. The van der Waals surface area contributed by atoms with Crippen LogP contribution in [0.5, 0.6) is 5.75 Å². The van der Waals surface area contributed by atoms with E-state index >= 15 is 0 Å². The number of amides is 3. The molecule has 3 amide bonds. The summed E-state index contributed by atoms with van der Waals surface area (Å²) in [6.07, 6.45) is 0. The van der Waals surface area contributed by atoms with E-state index in [9.17, 15) is 14.4 Å². The molecule has 0 radical (unpaired) electrons. The minimum Gasteiger partial charge on any atom is -0.496 e. The number of halogens is 1. The van der Waals surface area contributed by atoms with Gasteiger partial charge in [-0.1, -0.05) is 41.9 Å². The van der Waals surface area contributed by atoms with Gasteiger partial charge in [-0.15, -0.1) is 0 Å². The molecular weight excluding hydrogens is 416 g/mol. The molecule has 1 heterocycles. The third-order valence-corrected chi connectivity index (χ3v) is 5.35. The monoisotopic (exact) mass is 434 g/mol. The Bertz CT molecular complexity index is 1140. The Kier molecular flexibility index (Phi) is 5.73. The molecule has 4 rings (SSSR count). The first-order chi connectivity index (χ1) is 15.0. The molecule has 6 nitrogen and oxygen atoms in total. The van der Waals surface area contributed by atoms with Gasteiger partial charge in [0, 0.05) is 11.6 Å². The molecule has 0 spiro atoms. The summed E-state index contributed by atoms with van der Waals surface area (Å²) in [6.45, 7) is 0.385. The van der Waals surface area contributed by atoms with Crippen molar-refractivity contribution in [2.75, 3.05) is 7.11 Å². The van der Waals surface area contributed by atoms with Gasteiger partial charge in [0.15, 0.2) is 0 Å². The van der Waals surface area contributed by atoms with Gasteiger partial charge in [-0.25, -0.2) is 0 Å². The first kappa shape index (κ1) is 20.6. The van der Waals surface area contributed by atoms with E-state index in [0.29, 0.717) is 39.6 Å². The lowest BCUT2D eigenvalue weighted by atomic mass is 10.1. The van der Waals surface area contributed by atoms with Crippen LogP contribution >= 0.6 is 11.6 Å². The van der Waals surface area contributed by atoms with Crippen molar-refractivity contribution in [1.82, 2.24) is 10.2 Å². The molecule has 0 bridgehead atoms. The number of carbonyl (C=O) groups excluding carboxylic acids is 3. The molecule has 0 saturated heterocycles. The van der Waals surface area contributed by atoms with Crippen molar-refractivity contribution in [3.05, 3.63) is 99.6 Å². The summed E-state index contributed by atoms with van der Waals surface area (Å²) in [7, 11) is 1.48. The number of nitrogens with one attached hydrogen (secondary N) is 1. The summed E-state index contributed by atoms with van der Waals surface area (Å²) in [5.41, 5.74) is 2.65. The van der Waals surface area contributed by atoms with Crippen LogP contribution in [0.1, 0.15) is 42.2 Å². The largest absolute Gasteiger partial charge is 0.496 e. The SMILES string of the molecule is COc1ccc(CN2C(=O)c3ccccc3C2=O)cc1C(=O)NCc1ccc(Cl)cc1. The average Bonchev–Trinajstić information content (AvgIpc) is 3.03.